The van der Waals surface area contributed by atoms with Gasteiger partial charge in [-0.15, -0.1) is 0 Å². The molecule has 0 aromatic heterocycles. The zero-order valence-corrected chi connectivity index (χ0v) is 12.1. The van der Waals surface area contributed by atoms with E-state index in [1.807, 2.05) is 0 Å². The van der Waals surface area contributed by atoms with Crippen LogP contribution in [0.2, 0.25) is 0 Å². The fourth-order valence-corrected chi connectivity index (χ4v) is 3.69. The number of rotatable bonds is 5. The van der Waals surface area contributed by atoms with E-state index in [2.05, 4.69) is 40.2 Å². The first-order chi connectivity index (χ1) is 8.33. The molecule has 0 N–H and O–H groups in total. The molecule has 0 amide bonds. The van der Waals surface area contributed by atoms with Gasteiger partial charge >= 0.3 is 0 Å². The molecule has 0 aliphatic heterocycles. The smallest absolute Gasteiger partial charge is 0.0462 e. The van der Waals surface area contributed by atoms with Crippen molar-refractivity contribution in [2.24, 2.45) is 5.92 Å². The van der Waals surface area contributed by atoms with E-state index in [1.165, 1.54) is 43.2 Å². The maximum Gasteiger partial charge on any atom is 0.0462 e. The number of fused-ring (bicyclic) bond motifs is 1. The molecule has 0 radical (unpaired) electrons. The van der Waals surface area contributed by atoms with Gasteiger partial charge in [-0.3, -0.25) is 0 Å². The van der Waals surface area contributed by atoms with Gasteiger partial charge in [0.05, 0.1) is 0 Å². The molecule has 1 aliphatic rings. The quantitative estimate of drug-likeness (QED) is 0.574. The molecule has 0 fully saturated rings. The van der Waals surface area contributed by atoms with Crippen LogP contribution in [0.25, 0.3) is 0 Å². The summed E-state index contributed by atoms with van der Waals surface area (Å²) in [5.74, 6) is 0.793. The van der Waals surface area contributed by atoms with E-state index in [9.17, 15) is 0 Å². The molecule has 1 aromatic carbocycles. The van der Waals surface area contributed by atoms with Crippen LogP contribution in [0.3, 0.4) is 0 Å². The van der Waals surface area contributed by atoms with Crippen LogP contribution in [0.1, 0.15) is 41.6 Å². The Morgan fingerprint density at radius 3 is 2.94 bits per heavy atom. The Morgan fingerprint density at radius 2 is 2.12 bits per heavy atom. The second kappa shape index (κ2) is 6.55. The predicted octanol–water partition coefficient (Wildman–Crippen LogP) is 4.50. The molecule has 1 aromatic rings. The number of aryl methyl sites for hydroxylation is 1. The summed E-state index contributed by atoms with van der Waals surface area (Å²) >= 11 is 3.89. The molecule has 2 atom stereocenters. The van der Waals surface area contributed by atoms with Crippen LogP contribution in [-0.4, -0.2) is 13.7 Å². The number of methoxy groups -OCH3 is 1. The van der Waals surface area contributed by atoms with E-state index in [1.54, 1.807) is 7.11 Å². The highest BCUT2D eigenvalue weighted by Crippen LogP contribution is 2.42. The van der Waals surface area contributed by atoms with E-state index < -0.39 is 0 Å². The van der Waals surface area contributed by atoms with Crippen molar-refractivity contribution < 1.29 is 4.74 Å². The molecule has 0 heterocycles. The maximum absolute atomic E-state index is 5.10. The zero-order valence-electron chi connectivity index (χ0n) is 10.5. The molecule has 2 unspecified atom stereocenters. The molecule has 17 heavy (non-hydrogen) atoms. The minimum absolute atomic E-state index is 0.551. The highest BCUT2D eigenvalue weighted by Gasteiger charge is 2.26. The number of hydrogen-bond acceptors (Lipinski definition) is 1. The van der Waals surface area contributed by atoms with Crippen molar-refractivity contribution in [3.8, 4) is 0 Å². The summed E-state index contributed by atoms with van der Waals surface area (Å²) in [7, 11) is 1.78. The topological polar surface area (TPSA) is 9.23 Å². The van der Waals surface area contributed by atoms with Gasteiger partial charge in [-0.25, -0.2) is 0 Å². The first-order valence-electron chi connectivity index (χ1n) is 6.53. The normalized spacial score (nSPS) is 23.4. The summed E-state index contributed by atoms with van der Waals surface area (Å²) in [6.07, 6.45) is 6.35. The number of ether oxygens (including phenoxy) is 1. The third-order valence-corrected chi connectivity index (χ3v) is 4.96. The van der Waals surface area contributed by atoms with Gasteiger partial charge in [0.15, 0.2) is 0 Å². The monoisotopic (exact) mass is 296 g/mol. The average molecular weight is 297 g/mol. The number of benzene rings is 1. The predicted molar refractivity (Wildman–Crippen MR) is 75.6 cm³/mol. The molecule has 0 saturated heterocycles. The van der Waals surface area contributed by atoms with Gasteiger partial charge in [-0.1, -0.05) is 46.6 Å². The van der Waals surface area contributed by atoms with Crippen molar-refractivity contribution in [1.29, 1.82) is 0 Å². The summed E-state index contributed by atoms with van der Waals surface area (Å²) in [5, 5.41) is 0. The first kappa shape index (κ1) is 13.1. The third-order valence-electron chi connectivity index (χ3n) is 3.72. The van der Waals surface area contributed by atoms with Crippen LogP contribution in [-0.2, 0) is 11.2 Å². The van der Waals surface area contributed by atoms with E-state index in [0.717, 1.165) is 12.5 Å². The Kier molecular flexibility index (Phi) is 5.05. The first-order valence-corrected chi connectivity index (χ1v) is 7.45. The summed E-state index contributed by atoms with van der Waals surface area (Å²) in [5.41, 5.74) is 3.04. The summed E-state index contributed by atoms with van der Waals surface area (Å²) in [6, 6.07) is 8.85. The van der Waals surface area contributed by atoms with Crippen LogP contribution in [0, 0.1) is 5.92 Å². The minimum atomic E-state index is 0.551. The molecule has 1 nitrogen and oxygen atoms in total. The molecule has 0 saturated carbocycles. The highest BCUT2D eigenvalue weighted by atomic mass is 79.9. The standard InChI is InChI=1S/C15H21BrO/c1-17-11-5-4-7-13-10-9-12-6-2-3-8-14(12)15(13)16/h2-3,6,8,13,15H,4-5,7,9-11H2,1H3. The Labute approximate surface area is 113 Å². The zero-order chi connectivity index (χ0) is 12.1. The Hall–Kier alpha value is -0.340. The van der Waals surface area contributed by atoms with E-state index in [-0.39, 0.29) is 0 Å². The Bertz CT molecular complexity index is 351. The second-order valence-corrected chi connectivity index (χ2v) is 5.87. The molecule has 0 spiro atoms. The summed E-state index contributed by atoms with van der Waals surface area (Å²) in [4.78, 5) is 0.551. The lowest BCUT2D eigenvalue weighted by molar-refractivity contribution is 0.189. The average Bonchev–Trinajstić information content (AvgIpc) is 2.37. The summed E-state index contributed by atoms with van der Waals surface area (Å²) < 4.78 is 5.10. The molecular weight excluding hydrogens is 276 g/mol. The lowest BCUT2D eigenvalue weighted by Gasteiger charge is -2.30. The number of unbranched alkanes of at least 4 members (excludes halogenated alkanes) is 1. The molecule has 94 valence electrons. The molecule has 2 rings (SSSR count). The van der Waals surface area contributed by atoms with Crippen LogP contribution in [0.15, 0.2) is 24.3 Å². The van der Waals surface area contributed by atoms with Gasteiger partial charge in [0, 0.05) is 18.5 Å². The van der Waals surface area contributed by atoms with Gasteiger partial charge in [-0.05, 0) is 42.7 Å². The van der Waals surface area contributed by atoms with Crippen LogP contribution < -0.4 is 0 Å². The Morgan fingerprint density at radius 1 is 1.29 bits per heavy atom. The van der Waals surface area contributed by atoms with Crippen molar-refractivity contribution >= 4 is 15.9 Å². The lowest BCUT2D eigenvalue weighted by Crippen LogP contribution is -2.16. The SMILES string of the molecule is COCCCCC1CCc2ccccc2C1Br. The number of hydrogen-bond donors (Lipinski definition) is 0. The van der Waals surface area contributed by atoms with Crippen molar-refractivity contribution in [2.45, 2.75) is 36.9 Å². The van der Waals surface area contributed by atoms with E-state index in [0.29, 0.717) is 4.83 Å². The van der Waals surface area contributed by atoms with Crippen LogP contribution >= 0.6 is 15.9 Å². The summed E-state index contributed by atoms with van der Waals surface area (Å²) in [6.45, 7) is 0.899. The van der Waals surface area contributed by atoms with Crippen molar-refractivity contribution in [1.82, 2.24) is 0 Å². The second-order valence-electron chi connectivity index (χ2n) is 4.89. The van der Waals surface area contributed by atoms with Gasteiger partial charge in [0.2, 0.25) is 0 Å². The molecule has 0 bridgehead atoms. The maximum atomic E-state index is 5.10. The highest BCUT2D eigenvalue weighted by molar-refractivity contribution is 9.09. The number of alkyl halides is 1. The van der Waals surface area contributed by atoms with Gasteiger partial charge in [-0.2, -0.15) is 0 Å². The van der Waals surface area contributed by atoms with Crippen LogP contribution in [0.4, 0.5) is 0 Å². The molecular formula is C15H21BrO. The van der Waals surface area contributed by atoms with Crippen LogP contribution in [0.5, 0.6) is 0 Å². The van der Waals surface area contributed by atoms with Crippen molar-refractivity contribution in [2.75, 3.05) is 13.7 Å². The van der Waals surface area contributed by atoms with Crippen molar-refractivity contribution in [3.63, 3.8) is 0 Å². The van der Waals surface area contributed by atoms with Gasteiger partial charge < -0.3 is 4.74 Å². The van der Waals surface area contributed by atoms with E-state index in [4.69, 9.17) is 4.74 Å². The Balaban J connectivity index is 1.90. The third kappa shape index (κ3) is 3.32. The van der Waals surface area contributed by atoms with Crippen molar-refractivity contribution in [3.05, 3.63) is 35.4 Å². The largest absolute Gasteiger partial charge is 0.385 e. The van der Waals surface area contributed by atoms with E-state index >= 15 is 0 Å². The molecule has 1 aliphatic carbocycles. The minimum Gasteiger partial charge on any atom is -0.385 e. The fourth-order valence-electron chi connectivity index (χ4n) is 2.72. The van der Waals surface area contributed by atoms with Gasteiger partial charge in [0.1, 0.15) is 0 Å². The lowest BCUT2D eigenvalue weighted by atomic mass is 9.81. The fraction of sp³-hybridized carbons (Fsp3) is 0.600. The number of halogens is 1. The molecule has 2 heteroatoms. The van der Waals surface area contributed by atoms with Gasteiger partial charge in [0.25, 0.3) is 0 Å².